The Morgan fingerprint density at radius 3 is 2.87 bits per heavy atom. The molecule has 15 heavy (non-hydrogen) atoms. The van der Waals surface area contributed by atoms with Gasteiger partial charge in [0, 0.05) is 25.8 Å². The molecule has 0 saturated heterocycles. The fraction of sp³-hybridized carbons (Fsp3) is 0.600. The van der Waals surface area contributed by atoms with E-state index in [1.807, 2.05) is 20.2 Å². The van der Waals surface area contributed by atoms with Crippen molar-refractivity contribution in [3.05, 3.63) is 22.2 Å². The summed E-state index contributed by atoms with van der Waals surface area (Å²) in [6.07, 6.45) is 0.869. The van der Waals surface area contributed by atoms with Crippen molar-refractivity contribution < 1.29 is 4.74 Å². The minimum Gasteiger partial charge on any atom is -0.378 e. The third kappa shape index (κ3) is 4.51. The number of hydrogen-bond acceptors (Lipinski definition) is 4. The molecule has 0 aliphatic heterocycles. The molecule has 0 spiro atoms. The lowest BCUT2D eigenvalue weighted by Crippen LogP contribution is -2.16. The van der Waals surface area contributed by atoms with Crippen molar-refractivity contribution in [1.29, 1.82) is 0 Å². The van der Waals surface area contributed by atoms with Crippen LogP contribution in [0.4, 0.5) is 0 Å². The van der Waals surface area contributed by atoms with Crippen LogP contribution in [0.25, 0.3) is 0 Å². The van der Waals surface area contributed by atoms with Crippen LogP contribution in [-0.2, 0) is 17.8 Å². The number of aromatic amines is 1. The Balaban J connectivity index is 2.75. The van der Waals surface area contributed by atoms with Crippen molar-refractivity contribution in [3.63, 3.8) is 0 Å². The largest absolute Gasteiger partial charge is 0.378 e. The van der Waals surface area contributed by atoms with Gasteiger partial charge >= 0.3 is 0 Å². The van der Waals surface area contributed by atoms with Gasteiger partial charge in [0.15, 0.2) is 0 Å². The molecule has 4 nitrogen and oxygen atoms in total. The summed E-state index contributed by atoms with van der Waals surface area (Å²) in [5.74, 6) is 0.920. The minimum atomic E-state index is 0.543. The van der Waals surface area contributed by atoms with Crippen LogP contribution in [0, 0.1) is 4.64 Å². The van der Waals surface area contributed by atoms with Gasteiger partial charge in [0.05, 0.1) is 6.61 Å². The van der Waals surface area contributed by atoms with E-state index in [1.54, 1.807) is 7.11 Å². The predicted octanol–water partition coefficient (Wildman–Crippen LogP) is 1.39. The van der Waals surface area contributed by atoms with E-state index in [-0.39, 0.29) is 0 Å². The lowest BCUT2D eigenvalue weighted by molar-refractivity contribution is 0.181. The molecule has 84 valence electrons. The zero-order chi connectivity index (χ0) is 11.3. The molecule has 0 atom stereocenters. The second kappa shape index (κ2) is 5.95. The fourth-order valence-corrected chi connectivity index (χ4v) is 1.50. The van der Waals surface area contributed by atoms with Crippen LogP contribution in [0.3, 0.4) is 0 Å². The van der Waals surface area contributed by atoms with Gasteiger partial charge in [0.1, 0.15) is 10.5 Å². The van der Waals surface area contributed by atoms with E-state index in [0.717, 1.165) is 24.5 Å². The first-order chi connectivity index (χ1) is 7.11. The van der Waals surface area contributed by atoms with Crippen LogP contribution in [-0.4, -0.2) is 42.6 Å². The highest BCUT2D eigenvalue weighted by Crippen LogP contribution is 2.00. The van der Waals surface area contributed by atoms with Gasteiger partial charge in [-0.25, -0.2) is 4.98 Å². The normalized spacial score (nSPS) is 10.9. The second-order valence-electron chi connectivity index (χ2n) is 3.68. The van der Waals surface area contributed by atoms with Gasteiger partial charge in [-0.3, -0.25) is 0 Å². The number of H-pyrrole nitrogens is 1. The van der Waals surface area contributed by atoms with Crippen LogP contribution in [0.2, 0.25) is 0 Å². The zero-order valence-corrected chi connectivity index (χ0v) is 10.2. The molecule has 0 bridgehead atoms. The number of ether oxygens (including phenoxy) is 1. The van der Waals surface area contributed by atoms with Gasteiger partial charge in [-0.15, -0.1) is 0 Å². The molecule has 0 unspecified atom stereocenters. The second-order valence-corrected chi connectivity index (χ2v) is 4.10. The van der Waals surface area contributed by atoms with Crippen LogP contribution in [0.1, 0.15) is 11.5 Å². The molecule has 1 aromatic heterocycles. The number of methoxy groups -OCH3 is 1. The molecule has 0 aromatic carbocycles. The van der Waals surface area contributed by atoms with Gasteiger partial charge < -0.3 is 14.6 Å². The minimum absolute atomic E-state index is 0.543. The molecular formula is C10H17N3OS. The van der Waals surface area contributed by atoms with E-state index in [4.69, 9.17) is 17.0 Å². The molecule has 1 heterocycles. The maximum atomic E-state index is 5.08. The van der Waals surface area contributed by atoms with Crippen LogP contribution < -0.4 is 0 Å². The van der Waals surface area contributed by atoms with E-state index < -0.39 is 0 Å². The lowest BCUT2D eigenvalue weighted by Gasteiger charge is -2.09. The summed E-state index contributed by atoms with van der Waals surface area (Å²) in [4.78, 5) is 9.59. The quantitative estimate of drug-likeness (QED) is 0.772. The number of aromatic nitrogens is 2. The summed E-state index contributed by atoms with van der Waals surface area (Å²) in [5, 5.41) is 0. The van der Waals surface area contributed by atoms with Crippen molar-refractivity contribution >= 4 is 12.2 Å². The molecular weight excluding hydrogens is 210 g/mol. The standard InChI is InChI=1S/C10H17N3OS/c1-13(2)5-4-9-11-8(7-14-3)6-10(15)12-9/h6H,4-5,7H2,1-3H3,(H,11,12,15). The summed E-state index contributed by atoms with van der Waals surface area (Å²) >= 11 is 5.08. The van der Waals surface area contributed by atoms with Gasteiger partial charge in [-0.05, 0) is 20.2 Å². The first kappa shape index (κ1) is 12.3. The van der Waals surface area contributed by atoms with E-state index in [1.165, 1.54) is 0 Å². The number of likely N-dealkylation sites (N-methyl/N-ethyl adjacent to an activating group) is 1. The number of nitrogens with one attached hydrogen (secondary N) is 1. The van der Waals surface area contributed by atoms with E-state index in [2.05, 4.69) is 14.9 Å². The predicted molar refractivity (Wildman–Crippen MR) is 62.4 cm³/mol. The lowest BCUT2D eigenvalue weighted by atomic mass is 10.3. The molecule has 0 aliphatic rings. The molecule has 1 N–H and O–H groups in total. The summed E-state index contributed by atoms with van der Waals surface area (Å²) < 4.78 is 5.67. The molecule has 1 rings (SSSR count). The highest BCUT2D eigenvalue weighted by Gasteiger charge is 2.00. The number of nitrogens with zero attached hydrogens (tertiary/aromatic N) is 2. The molecule has 0 radical (unpaired) electrons. The Hall–Kier alpha value is -0.780. The Morgan fingerprint density at radius 2 is 2.27 bits per heavy atom. The number of hydrogen-bond donors (Lipinski definition) is 1. The summed E-state index contributed by atoms with van der Waals surface area (Å²) in [7, 11) is 5.73. The van der Waals surface area contributed by atoms with E-state index in [9.17, 15) is 0 Å². The highest BCUT2D eigenvalue weighted by atomic mass is 32.1. The van der Waals surface area contributed by atoms with Gasteiger partial charge in [-0.1, -0.05) is 12.2 Å². The van der Waals surface area contributed by atoms with Crippen molar-refractivity contribution in [2.75, 3.05) is 27.7 Å². The number of rotatable bonds is 5. The topological polar surface area (TPSA) is 41.1 Å². The van der Waals surface area contributed by atoms with Gasteiger partial charge in [0.25, 0.3) is 0 Å². The van der Waals surface area contributed by atoms with E-state index in [0.29, 0.717) is 11.2 Å². The third-order valence-corrected chi connectivity index (χ3v) is 2.15. The maximum Gasteiger partial charge on any atom is 0.130 e. The average Bonchev–Trinajstić information content (AvgIpc) is 2.14. The van der Waals surface area contributed by atoms with E-state index >= 15 is 0 Å². The molecule has 5 heteroatoms. The average molecular weight is 227 g/mol. The van der Waals surface area contributed by atoms with Crippen molar-refractivity contribution in [2.45, 2.75) is 13.0 Å². The van der Waals surface area contributed by atoms with Crippen molar-refractivity contribution in [1.82, 2.24) is 14.9 Å². The Bertz CT molecular complexity index is 362. The summed E-state index contributed by atoms with van der Waals surface area (Å²) in [5.41, 5.74) is 0.978. The zero-order valence-electron chi connectivity index (χ0n) is 9.41. The Morgan fingerprint density at radius 1 is 1.53 bits per heavy atom. The first-order valence-electron chi connectivity index (χ1n) is 4.84. The maximum absolute atomic E-state index is 5.08. The SMILES string of the molecule is COCc1cc(=S)nc(CCN(C)C)[nH]1. The van der Waals surface area contributed by atoms with Crippen molar-refractivity contribution in [2.24, 2.45) is 0 Å². The smallest absolute Gasteiger partial charge is 0.130 e. The molecule has 0 fully saturated rings. The van der Waals surface area contributed by atoms with Crippen LogP contribution in [0.15, 0.2) is 6.07 Å². The molecule has 1 aromatic rings. The van der Waals surface area contributed by atoms with Gasteiger partial charge in [0.2, 0.25) is 0 Å². The third-order valence-electron chi connectivity index (χ3n) is 1.94. The highest BCUT2D eigenvalue weighted by molar-refractivity contribution is 7.71. The molecule has 0 amide bonds. The summed E-state index contributed by atoms with van der Waals surface area (Å²) in [6, 6.07) is 1.83. The monoisotopic (exact) mass is 227 g/mol. The first-order valence-corrected chi connectivity index (χ1v) is 5.25. The molecule has 0 aliphatic carbocycles. The van der Waals surface area contributed by atoms with Crippen LogP contribution >= 0.6 is 12.2 Å². The van der Waals surface area contributed by atoms with Gasteiger partial charge in [-0.2, -0.15) is 0 Å². The van der Waals surface area contributed by atoms with Crippen molar-refractivity contribution in [3.8, 4) is 0 Å². The Kier molecular flexibility index (Phi) is 4.87. The van der Waals surface area contributed by atoms with Crippen LogP contribution in [0.5, 0.6) is 0 Å². The molecule has 0 saturated carbocycles. The summed E-state index contributed by atoms with van der Waals surface area (Å²) in [6.45, 7) is 1.50. The fourth-order valence-electron chi connectivity index (χ4n) is 1.24. The Labute approximate surface area is 95.3 Å².